The first-order chi connectivity index (χ1) is 9.95. The van der Waals surface area contributed by atoms with Gasteiger partial charge in [-0.1, -0.05) is 12.1 Å². The molecule has 0 unspecified atom stereocenters. The smallest absolute Gasteiger partial charge is 0.283 e. The molecule has 0 saturated heterocycles. The number of hydrogen-bond acceptors (Lipinski definition) is 4. The number of hydrogen-bond donors (Lipinski definition) is 0. The minimum Gasteiger partial charge on any atom is -0.307 e. The van der Waals surface area contributed by atoms with Crippen LogP contribution in [0.4, 0.5) is 5.69 Å². The topological polar surface area (TPSA) is 88.9 Å². The second-order valence-corrected chi connectivity index (χ2v) is 5.19. The van der Waals surface area contributed by atoms with E-state index >= 15 is 0 Å². The van der Waals surface area contributed by atoms with Crippen LogP contribution in [-0.4, -0.2) is 9.49 Å². The molecule has 0 atom stereocenters. The van der Waals surface area contributed by atoms with Crippen molar-refractivity contribution in [1.82, 2.24) is 4.57 Å². The van der Waals surface area contributed by atoms with Crippen molar-refractivity contribution >= 4 is 21.6 Å². The van der Waals surface area contributed by atoms with Gasteiger partial charge in [0, 0.05) is 11.8 Å². The molecule has 1 aromatic carbocycles. The fraction of sp³-hybridized carbons (Fsp3) is 0.143. The Morgan fingerprint density at radius 1 is 1.38 bits per heavy atom. The number of pyridine rings is 1. The molecule has 0 radical (unpaired) electrons. The minimum absolute atomic E-state index is 0.0437. The van der Waals surface area contributed by atoms with Crippen LogP contribution in [0.15, 0.2) is 39.6 Å². The van der Waals surface area contributed by atoms with Gasteiger partial charge in [-0.25, -0.2) is 0 Å². The van der Waals surface area contributed by atoms with Gasteiger partial charge in [0.15, 0.2) is 0 Å². The second-order valence-electron chi connectivity index (χ2n) is 4.40. The van der Waals surface area contributed by atoms with Crippen LogP contribution in [0.1, 0.15) is 16.8 Å². The molecule has 2 rings (SSSR count). The third kappa shape index (κ3) is 2.85. The molecule has 7 heteroatoms. The van der Waals surface area contributed by atoms with Crippen LogP contribution in [0, 0.1) is 28.4 Å². The van der Waals surface area contributed by atoms with Gasteiger partial charge in [-0.2, -0.15) is 5.26 Å². The number of halogens is 1. The SMILES string of the molecule is Cc1ccc(C#N)c(=O)n1Cc1cccc([N+](=O)[O-])c1Br. The molecule has 21 heavy (non-hydrogen) atoms. The minimum atomic E-state index is -0.491. The lowest BCUT2D eigenvalue weighted by Gasteiger charge is -2.11. The highest BCUT2D eigenvalue weighted by atomic mass is 79.9. The molecule has 0 aliphatic carbocycles. The first-order valence-electron chi connectivity index (χ1n) is 5.98. The number of nitriles is 1. The molecule has 0 N–H and O–H groups in total. The molecule has 106 valence electrons. The lowest BCUT2D eigenvalue weighted by Crippen LogP contribution is -2.25. The molecule has 0 bridgehead atoms. The second kappa shape index (κ2) is 5.89. The van der Waals surface area contributed by atoms with Gasteiger partial charge in [-0.05, 0) is 40.5 Å². The first kappa shape index (κ1) is 14.9. The molecule has 1 heterocycles. The predicted molar refractivity (Wildman–Crippen MR) is 80.1 cm³/mol. The van der Waals surface area contributed by atoms with Crippen molar-refractivity contribution in [3.05, 3.63) is 72.1 Å². The van der Waals surface area contributed by atoms with Gasteiger partial charge in [0.2, 0.25) is 0 Å². The highest BCUT2D eigenvalue weighted by Gasteiger charge is 2.16. The lowest BCUT2D eigenvalue weighted by atomic mass is 10.2. The van der Waals surface area contributed by atoms with Crippen molar-refractivity contribution in [2.24, 2.45) is 0 Å². The van der Waals surface area contributed by atoms with E-state index in [1.165, 1.54) is 16.7 Å². The van der Waals surface area contributed by atoms with Crippen molar-refractivity contribution in [3.8, 4) is 6.07 Å². The molecular weight excluding hydrogens is 338 g/mol. The van der Waals surface area contributed by atoms with Crippen molar-refractivity contribution in [1.29, 1.82) is 5.26 Å². The molecule has 0 aliphatic rings. The van der Waals surface area contributed by atoms with Gasteiger partial charge < -0.3 is 4.57 Å². The van der Waals surface area contributed by atoms with E-state index in [9.17, 15) is 14.9 Å². The first-order valence-corrected chi connectivity index (χ1v) is 6.77. The number of aryl methyl sites for hydroxylation is 1. The molecule has 1 aromatic heterocycles. The maximum Gasteiger partial charge on any atom is 0.283 e. The number of aromatic nitrogens is 1. The van der Waals surface area contributed by atoms with Crippen LogP contribution >= 0.6 is 15.9 Å². The Labute approximate surface area is 128 Å². The van der Waals surface area contributed by atoms with Crippen LogP contribution in [0.5, 0.6) is 0 Å². The molecular formula is C14H10BrN3O3. The highest BCUT2D eigenvalue weighted by Crippen LogP contribution is 2.28. The van der Waals surface area contributed by atoms with E-state index in [1.54, 1.807) is 25.1 Å². The average Bonchev–Trinajstić information content (AvgIpc) is 2.45. The summed E-state index contributed by atoms with van der Waals surface area (Å²) >= 11 is 3.20. The summed E-state index contributed by atoms with van der Waals surface area (Å²) in [6, 6.07) is 9.62. The Balaban J connectivity index is 2.54. The van der Waals surface area contributed by atoms with Gasteiger partial charge in [-0.3, -0.25) is 14.9 Å². The summed E-state index contributed by atoms with van der Waals surface area (Å²) in [5, 5.41) is 19.8. The van der Waals surface area contributed by atoms with Gasteiger partial charge in [0.1, 0.15) is 16.1 Å². The molecule has 2 aromatic rings. The van der Waals surface area contributed by atoms with Crippen LogP contribution in [-0.2, 0) is 6.54 Å². The van der Waals surface area contributed by atoms with Crippen molar-refractivity contribution in [3.63, 3.8) is 0 Å². The Hall–Kier alpha value is -2.46. The summed E-state index contributed by atoms with van der Waals surface area (Å²) in [6.07, 6.45) is 0. The van der Waals surface area contributed by atoms with Crippen molar-refractivity contribution in [2.75, 3.05) is 0 Å². The zero-order valence-electron chi connectivity index (χ0n) is 11.0. The standard InChI is InChI=1S/C14H10BrN3O3/c1-9-5-6-10(7-16)14(19)17(9)8-11-3-2-4-12(13(11)15)18(20)21/h2-6H,8H2,1H3. The quantitative estimate of drug-likeness (QED) is 0.630. The van der Waals surface area contributed by atoms with E-state index < -0.39 is 10.5 Å². The number of nitro benzene ring substituents is 1. The number of nitrogens with zero attached hydrogens (tertiary/aromatic N) is 3. The lowest BCUT2D eigenvalue weighted by molar-refractivity contribution is -0.385. The Bertz CT molecular complexity index is 821. The Morgan fingerprint density at radius 2 is 2.10 bits per heavy atom. The van der Waals surface area contributed by atoms with Gasteiger partial charge in [-0.15, -0.1) is 0 Å². The molecule has 0 spiro atoms. The number of nitro groups is 1. The third-order valence-electron chi connectivity index (χ3n) is 3.10. The monoisotopic (exact) mass is 347 g/mol. The summed E-state index contributed by atoms with van der Waals surface area (Å²) in [4.78, 5) is 22.6. The zero-order chi connectivity index (χ0) is 15.6. The molecule has 0 aliphatic heterocycles. The van der Waals surface area contributed by atoms with E-state index in [-0.39, 0.29) is 17.8 Å². The molecule has 0 amide bonds. The van der Waals surface area contributed by atoms with Crippen molar-refractivity contribution < 1.29 is 4.92 Å². The summed E-state index contributed by atoms with van der Waals surface area (Å²) in [5.41, 5.74) is 0.856. The zero-order valence-corrected chi connectivity index (χ0v) is 12.6. The van der Waals surface area contributed by atoms with Gasteiger partial charge in [0.25, 0.3) is 11.2 Å². The average molecular weight is 348 g/mol. The molecule has 0 fully saturated rings. The largest absolute Gasteiger partial charge is 0.307 e. The van der Waals surface area contributed by atoms with Gasteiger partial charge >= 0.3 is 0 Å². The maximum absolute atomic E-state index is 12.1. The summed E-state index contributed by atoms with van der Waals surface area (Å²) in [7, 11) is 0. The van der Waals surface area contributed by atoms with Crippen LogP contribution < -0.4 is 5.56 Å². The number of rotatable bonds is 3. The molecule has 0 saturated carbocycles. The van der Waals surface area contributed by atoms with Crippen LogP contribution in [0.2, 0.25) is 0 Å². The van der Waals surface area contributed by atoms with Crippen LogP contribution in [0.3, 0.4) is 0 Å². The summed E-state index contributed by atoms with van der Waals surface area (Å²) < 4.78 is 1.76. The Morgan fingerprint density at radius 3 is 2.71 bits per heavy atom. The van der Waals surface area contributed by atoms with Crippen molar-refractivity contribution in [2.45, 2.75) is 13.5 Å². The predicted octanol–water partition coefficient (Wildman–Crippen LogP) is 2.75. The van der Waals surface area contributed by atoms with E-state index in [2.05, 4.69) is 15.9 Å². The highest BCUT2D eigenvalue weighted by molar-refractivity contribution is 9.10. The normalized spacial score (nSPS) is 10.1. The van der Waals surface area contributed by atoms with E-state index in [1.807, 2.05) is 6.07 Å². The maximum atomic E-state index is 12.1. The summed E-state index contributed by atoms with van der Waals surface area (Å²) in [5.74, 6) is 0. The third-order valence-corrected chi connectivity index (χ3v) is 4.01. The summed E-state index contributed by atoms with van der Waals surface area (Å²) in [6.45, 7) is 1.90. The molecule has 6 nitrogen and oxygen atoms in total. The Kier molecular flexibility index (Phi) is 4.19. The van der Waals surface area contributed by atoms with E-state index in [0.29, 0.717) is 15.7 Å². The van der Waals surface area contributed by atoms with Crippen LogP contribution in [0.25, 0.3) is 0 Å². The van der Waals surface area contributed by atoms with Gasteiger partial charge in [0.05, 0.1) is 11.5 Å². The van der Waals surface area contributed by atoms with E-state index in [0.717, 1.165) is 0 Å². The number of benzene rings is 1. The fourth-order valence-electron chi connectivity index (χ4n) is 1.95. The van der Waals surface area contributed by atoms with E-state index in [4.69, 9.17) is 5.26 Å². The fourth-order valence-corrected chi connectivity index (χ4v) is 2.49.